The molecule has 148 valence electrons. The lowest BCUT2D eigenvalue weighted by atomic mass is 9.78. The first-order valence-electron chi connectivity index (χ1n) is 10.1. The summed E-state index contributed by atoms with van der Waals surface area (Å²) in [6, 6.07) is -0.381. The summed E-state index contributed by atoms with van der Waals surface area (Å²) in [6.45, 7) is 3.79. The van der Waals surface area contributed by atoms with Crippen molar-refractivity contribution in [3.8, 4) is 0 Å². The summed E-state index contributed by atoms with van der Waals surface area (Å²) >= 11 is 0. The molecule has 1 spiro atoms. The SMILES string of the molecule is CC(C(=O)N1CCC2(CC1)c1nc[nH]c1CCN2C(=O)C1CC1)n1cncn1. The van der Waals surface area contributed by atoms with Crippen molar-refractivity contribution in [1.29, 1.82) is 0 Å². The monoisotopic (exact) mass is 383 g/mol. The summed E-state index contributed by atoms with van der Waals surface area (Å²) in [4.78, 5) is 41.7. The first-order valence-corrected chi connectivity index (χ1v) is 10.1. The van der Waals surface area contributed by atoms with Gasteiger partial charge >= 0.3 is 0 Å². The predicted molar refractivity (Wildman–Crippen MR) is 99.0 cm³/mol. The normalized spacial score (nSPS) is 22.2. The number of likely N-dealkylation sites (tertiary alicyclic amines) is 1. The van der Waals surface area contributed by atoms with Crippen LogP contribution >= 0.6 is 0 Å². The van der Waals surface area contributed by atoms with Crippen molar-refractivity contribution in [3.05, 3.63) is 30.4 Å². The maximum atomic E-state index is 13.0. The first-order chi connectivity index (χ1) is 13.6. The Balaban J connectivity index is 1.38. The molecule has 4 heterocycles. The number of carbonyl (C=O) groups excluding carboxylic acids is 2. The molecule has 0 bridgehead atoms. The Morgan fingerprint density at radius 2 is 2.04 bits per heavy atom. The number of H-pyrrole nitrogens is 1. The molecule has 5 rings (SSSR count). The minimum atomic E-state index is -0.388. The number of aromatic amines is 1. The van der Waals surface area contributed by atoms with Crippen molar-refractivity contribution in [1.82, 2.24) is 34.5 Å². The van der Waals surface area contributed by atoms with E-state index < -0.39 is 0 Å². The molecule has 2 fully saturated rings. The van der Waals surface area contributed by atoms with Crippen molar-refractivity contribution in [2.45, 2.75) is 50.6 Å². The largest absolute Gasteiger partial charge is 0.348 e. The number of nitrogens with one attached hydrogen (secondary N) is 1. The van der Waals surface area contributed by atoms with E-state index in [0.717, 1.165) is 50.0 Å². The fourth-order valence-electron chi connectivity index (χ4n) is 4.75. The van der Waals surface area contributed by atoms with Crippen molar-refractivity contribution in [2.75, 3.05) is 19.6 Å². The molecule has 1 saturated carbocycles. The molecule has 9 heteroatoms. The number of amides is 2. The van der Waals surface area contributed by atoms with Crippen molar-refractivity contribution < 1.29 is 9.59 Å². The molecule has 1 N–H and O–H groups in total. The Labute approximate surface area is 163 Å². The molecule has 2 aromatic heterocycles. The number of nitrogens with zero attached hydrogens (tertiary/aromatic N) is 6. The molecule has 2 aliphatic heterocycles. The van der Waals surface area contributed by atoms with Gasteiger partial charge < -0.3 is 14.8 Å². The Morgan fingerprint density at radius 1 is 1.25 bits per heavy atom. The molecule has 2 aromatic rings. The minimum Gasteiger partial charge on any atom is -0.348 e. The van der Waals surface area contributed by atoms with E-state index in [1.54, 1.807) is 17.3 Å². The second-order valence-electron chi connectivity index (χ2n) is 8.15. The van der Waals surface area contributed by atoms with Gasteiger partial charge in [-0.15, -0.1) is 0 Å². The minimum absolute atomic E-state index is 0.0403. The summed E-state index contributed by atoms with van der Waals surface area (Å²) in [7, 11) is 0. The smallest absolute Gasteiger partial charge is 0.247 e. The highest BCUT2D eigenvalue weighted by Gasteiger charge is 2.51. The highest BCUT2D eigenvalue weighted by molar-refractivity contribution is 5.83. The highest BCUT2D eigenvalue weighted by atomic mass is 16.2. The van der Waals surface area contributed by atoms with Crippen LogP contribution in [0.3, 0.4) is 0 Å². The fourth-order valence-corrected chi connectivity index (χ4v) is 4.75. The Morgan fingerprint density at radius 3 is 2.71 bits per heavy atom. The molecular weight excluding hydrogens is 358 g/mol. The van der Waals surface area contributed by atoms with E-state index in [1.807, 2.05) is 11.8 Å². The lowest BCUT2D eigenvalue weighted by Crippen LogP contribution is -2.59. The number of fused-ring (bicyclic) bond motifs is 2. The van der Waals surface area contributed by atoms with Crippen LogP contribution in [0.15, 0.2) is 19.0 Å². The Hall–Kier alpha value is -2.71. The van der Waals surface area contributed by atoms with Crippen LogP contribution in [0.5, 0.6) is 0 Å². The third-order valence-electron chi connectivity index (χ3n) is 6.55. The van der Waals surface area contributed by atoms with Crippen molar-refractivity contribution >= 4 is 11.8 Å². The number of imidazole rings is 1. The highest BCUT2D eigenvalue weighted by Crippen LogP contribution is 2.45. The zero-order valence-corrected chi connectivity index (χ0v) is 16.0. The number of hydrogen-bond acceptors (Lipinski definition) is 5. The van der Waals surface area contributed by atoms with E-state index in [4.69, 9.17) is 0 Å². The van der Waals surface area contributed by atoms with E-state index in [-0.39, 0.29) is 29.3 Å². The van der Waals surface area contributed by atoms with Gasteiger partial charge in [-0.25, -0.2) is 14.6 Å². The molecule has 1 unspecified atom stereocenters. The van der Waals surface area contributed by atoms with Crippen LogP contribution in [0.4, 0.5) is 0 Å². The van der Waals surface area contributed by atoms with Crippen LogP contribution in [-0.4, -0.2) is 66.0 Å². The molecule has 1 atom stereocenters. The van der Waals surface area contributed by atoms with E-state index in [0.29, 0.717) is 13.1 Å². The number of hydrogen-bond donors (Lipinski definition) is 1. The van der Waals surface area contributed by atoms with Gasteiger partial charge in [-0.2, -0.15) is 5.10 Å². The van der Waals surface area contributed by atoms with E-state index in [2.05, 4.69) is 25.0 Å². The van der Waals surface area contributed by atoms with Gasteiger partial charge in [0.2, 0.25) is 11.8 Å². The molecule has 0 radical (unpaired) electrons. The van der Waals surface area contributed by atoms with Gasteiger partial charge in [-0.05, 0) is 32.6 Å². The predicted octanol–water partition coefficient (Wildman–Crippen LogP) is 0.875. The summed E-state index contributed by atoms with van der Waals surface area (Å²) in [6.07, 6.45) is 9.01. The maximum Gasteiger partial charge on any atom is 0.247 e. The summed E-state index contributed by atoms with van der Waals surface area (Å²) in [5.41, 5.74) is 1.75. The standard InChI is InChI=1S/C19H25N7O2/c1-13(26-12-20-10-23-26)17(27)24-8-5-19(6-9-24)16-15(21-11-22-16)4-7-25(19)18(28)14-2-3-14/h10-14H,2-9H2,1H3,(H,21,22). The van der Waals surface area contributed by atoms with Crippen LogP contribution in [0.1, 0.15) is 50.0 Å². The number of piperidine rings is 1. The van der Waals surface area contributed by atoms with Crippen LogP contribution < -0.4 is 0 Å². The maximum absolute atomic E-state index is 13.0. The van der Waals surface area contributed by atoms with Crippen molar-refractivity contribution in [3.63, 3.8) is 0 Å². The molecule has 3 aliphatic rings. The third kappa shape index (κ3) is 2.63. The Bertz CT molecular complexity index is 878. The number of aromatic nitrogens is 5. The molecule has 2 amide bonds. The lowest BCUT2D eigenvalue weighted by molar-refractivity contribution is -0.146. The van der Waals surface area contributed by atoms with E-state index in [9.17, 15) is 9.59 Å². The van der Waals surface area contributed by atoms with Gasteiger partial charge in [-0.3, -0.25) is 9.59 Å². The fraction of sp³-hybridized carbons (Fsp3) is 0.632. The third-order valence-corrected chi connectivity index (χ3v) is 6.55. The van der Waals surface area contributed by atoms with Crippen LogP contribution in [0.25, 0.3) is 0 Å². The van der Waals surface area contributed by atoms with Crippen LogP contribution in [0.2, 0.25) is 0 Å². The summed E-state index contributed by atoms with van der Waals surface area (Å²) in [5.74, 6) is 0.493. The quantitative estimate of drug-likeness (QED) is 0.848. The molecule has 1 aliphatic carbocycles. The van der Waals surface area contributed by atoms with E-state index >= 15 is 0 Å². The lowest BCUT2D eigenvalue weighted by Gasteiger charge is -2.50. The molecule has 0 aromatic carbocycles. The zero-order valence-electron chi connectivity index (χ0n) is 16.0. The number of rotatable bonds is 3. The van der Waals surface area contributed by atoms with Gasteiger partial charge in [-0.1, -0.05) is 0 Å². The average Bonchev–Trinajstić information content (AvgIpc) is 3.20. The van der Waals surface area contributed by atoms with Gasteiger partial charge in [0, 0.05) is 37.7 Å². The second kappa shape index (κ2) is 6.42. The zero-order chi connectivity index (χ0) is 19.3. The molecular formula is C19H25N7O2. The average molecular weight is 383 g/mol. The summed E-state index contributed by atoms with van der Waals surface area (Å²) < 4.78 is 1.59. The molecule has 28 heavy (non-hydrogen) atoms. The van der Waals surface area contributed by atoms with Crippen LogP contribution in [0, 0.1) is 5.92 Å². The van der Waals surface area contributed by atoms with Gasteiger partial charge in [0.05, 0.1) is 17.6 Å². The Kier molecular flexibility index (Phi) is 3.99. The second-order valence-corrected chi connectivity index (χ2v) is 8.15. The first kappa shape index (κ1) is 17.4. The van der Waals surface area contributed by atoms with Gasteiger partial charge in [0.1, 0.15) is 18.7 Å². The van der Waals surface area contributed by atoms with Gasteiger partial charge in [0.25, 0.3) is 0 Å². The van der Waals surface area contributed by atoms with Crippen LogP contribution in [-0.2, 0) is 21.5 Å². The van der Waals surface area contributed by atoms with Crippen molar-refractivity contribution in [2.24, 2.45) is 5.92 Å². The van der Waals surface area contributed by atoms with E-state index in [1.165, 1.54) is 6.33 Å². The number of carbonyl (C=O) groups is 2. The summed E-state index contributed by atoms with van der Waals surface area (Å²) in [5, 5.41) is 4.09. The van der Waals surface area contributed by atoms with Gasteiger partial charge in [0.15, 0.2) is 0 Å². The molecule has 9 nitrogen and oxygen atoms in total. The molecule has 1 saturated heterocycles. The topological polar surface area (TPSA) is 100 Å².